The van der Waals surface area contributed by atoms with E-state index in [0.717, 1.165) is 19.3 Å². The minimum absolute atomic E-state index is 0.292. The van der Waals surface area contributed by atoms with Gasteiger partial charge in [0.05, 0.1) is 13.2 Å². The highest BCUT2D eigenvalue weighted by atomic mass is 16.6. The maximum Gasteiger partial charge on any atom is 0.320 e. The van der Waals surface area contributed by atoms with Crippen LogP contribution in [0.25, 0.3) is 0 Å². The highest BCUT2D eigenvalue weighted by Gasteiger charge is 2.28. The first kappa shape index (κ1) is 16.9. The molecule has 0 rings (SSSR count). The van der Waals surface area contributed by atoms with Crippen LogP contribution >= 0.6 is 0 Å². The first-order valence-corrected chi connectivity index (χ1v) is 6.89. The number of hydrogen-bond acceptors (Lipinski definition) is 4. The summed E-state index contributed by atoms with van der Waals surface area (Å²) in [5.74, 6) is -1.05. The van der Waals surface area contributed by atoms with Gasteiger partial charge in [0.15, 0.2) is 5.92 Å². The molecule has 0 aromatic heterocycles. The highest BCUT2D eigenvalue weighted by Crippen LogP contribution is 2.17. The summed E-state index contributed by atoms with van der Waals surface area (Å²) in [5, 5.41) is 0. The second-order valence-electron chi connectivity index (χ2n) is 4.50. The summed E-state index contributed by atoms with van der Waals surface area (Å²) >= 11 is 0. The fourth-order valence-corrected chi connectivity index (χ4v) is 1.69. The van der Waals surface area contributed by atoms with Crippen LogP contribution in [-0.2, 0) is 19.1 Å². The Labute approximate surface area is 110 Å². The maximum atomic E-state index is 11.7. The van der Waals surface area contributed by atoms with Gasteiger partial charge in [-0.1, -0.05) is 33.1 Å². The van der Waals surface area contributed by atoms with Gasteiger partial charge in [-0.05, 0) is 26.2 Å². The molecule has 0 fully saturated rings. The van der Waals surface area contributed by atoms with Crippen molar-refractivity contribution in [3.8, 4) is 0 Å². The zero-order chi connectivity index (χ0) is 14.0. The van der Waals surface area contributed by atoms with E-state index in [9.17, 15) is 9.59 Å². The van der Waals surface area contributed by atoms with Gasteiger partial charge in [0, 0.05) is 0 Å². The molecule has 1 unspecified atom stereocenters. The molecule has 0 radical (unpaired) electrons. The molecule has 0 aromatic rings. The van der Waals surface area contributed by atoms with Crippen molar-refractivity contribution < 1.29 is 19.1 Å². The Kier molecular flexibility index (Phi) is 9.33. The molecule has 0 heterocycles. The Morgan fingerprint density at radius 1 is 0.944 bits per heavy atom. The molecule has 0 amide bonds. The van der Waals surface area contributed by atoms with Crippen molar-refractivity contribution in [2.24, 2.45) is 11.8 Å². The summed E-state index contributed by atoms with van der Waals surface area (Å²) in [6, 6.07) is 0. The van der Waals surface area contributed by atoms with E-state index in [-0.39, 0.29) is 0 Å². The molecule has 0 saturated carbocycles. The lowest BCUT2D eigenvalue weighted by Crippen LogP contribution is -2.28. The number of rotatable bonds is 9. The Hall–Kier alpha value is -1.06. The lowest BCUT2D eigenvalue weighted by Gasteiger charge is -2.15. The van der Waals surface area contributed by atoms with Gasteiger partial charge in [-0.2, -0.15) is 0 Å². The molecule has 0 saturated heterocycles. The Morgan fingerprint density at radius 3 is 1.83 bits per heavy atom. The van der Waals surface area contributed by atoms with Crippen LogP contribution in [0.3, 0.4) is 0 Å². The third-order valence-corrected chi connectivity index (χ3v) is 3.03. The molecule has 0 aliphatic heterocycles. The quantitative estimate of drug-likeness (QED) is 0.471. The van der Waals surface area contributed by atoms with Gasteiger partial charge >= 0.3 is 11.9 Å². The number of ether oxygens (including phenoxy) is 2. The van der Waals surface area contributed by atoms with E-state index in [2.05, 4.69) is 13.8 Å². The van der Waals surface area contributed by atoms with Crippen LogP contribution in [0.2, 0.25) is 0 Å². The first-order chi connectivity index (χ1) is 8.56. The summed E-state index contributed by atoms with van der Waals surface area (Å²) in [6.07, 6.45) is 3.49. The van der Waals surface area contributed by atoms with E-state index in [1.807, 2.05) is 0 Å². The van der Waals surface area contributed by atoms with Crippen LogP contribution in [0.4, 0.5) is 0 Å². The average molecular weight is 258 g/mol. The second kappa shape index (κ2) is 9.92. The predicted molar refractivity (Wildman–Crippen MR) is 70.1 cm³/mol. The van der Waals surface area contributed by atoms with Crippen LogP contribution in [0.1, 0.15) is 53.4 Å². The minimum atomic E-state index is -0.756. The van der Waals surface area contributed by atoms with Gasteiger partial charge in [0.1, 0.15) is 0 Å². The molecule has 0 aromatic carbocycles. The van der Waals surface area contributed by atoms with Crippen LogP contribution in [0.5, 0.6) is 0 Å². The van der Waals surface area contributed by atoms with Crippen molar-refractivity contribution in [2.45, 2.75) is 53.4 Å². The molecule has 1 atom stereocenters. The van der Waals surface area contributed by atoms with E-state index in [0.29, 0.717) is 25.6 Å². The van der Waals surface area contributed by atoms with Gasteiger partial charge in [-0.3, -0.25) is 9.59 Å². The van der Waals surface area contributed by atoms with Gasteiger partial charge in [-0.15, -0.1) is 0 Å². The molecular weight excluding hydrogens is 232 g/mol. The zero-order valence-electron chi connectivity index (χ0n) is 12.0. The Bertz CT molecular complexity index is 232. The zero-order valence-corrected chi connectivity index (χ0v) is 12.0. The van der Waals surface area contributed by atoms with Crippen molar-refractivity contribution in [3.05, 3.63) is 0 Å². The van der Waals surface area contributed by atoms with Crippen molar-refractivity contribution in [2.75, 3.05) is 13.2 Å². The molecule has 4 nitrogen and oxygen atoms in total. The largest absolute Gasteiger partial charge is 0.465 e. The predicted octanol–water partition coefficient (Wildman–Crippen LogP) is 2.95. The van der Waals surface area contributed by atoms with Gasteiger partial charge in [0.2, 0.25) is 0 Å². The summed E-state index contributed by atoms with van der Waals surface area (Å²) in [4.78, 5) is 23.4. The van der Waals surface area contributed by atoms with Crippen molar-refractivity contribution in [1.82, 2.24) is 0 Å². The number of esters is 2. The van der Waals surface area contributed by atoms with E-state index in [1.165, 1.54) is 0 Å². The average Bonchev–Trinajstić information content (AvgIpc) is 2.34. The molecule has 0 aliphatic rings. The Balaban J connectivity index is 4.29. The molecule has 0 N–H and O–H groups in total. The molecule has 0 aliphatic carbocycles. The summed E-state index contributed by atoms with van der Waals surface area (Å²) in [5.41, 5.74) is 0. The van der Waals surface area contributed by atoms with Gasteiger partial charge in [-0.25, -0.2) is 0 Å². The van der Waals surface area contributed by atoms with Crippen LogP contribution in [0, 0.1) is 11.8 Å². The maximum absolute atomic E-state index is 11.7. The molecular formula is C14H26O4. The monoisotopic (exact) mass is 258 g/mol. The smallest absolute Gasteiger partial charge is 0.320 e. The molecule has 0 spiro atoms. The van der Waals surface area contributed by atoms with Crippen LogP contribution in [0.15, 0.2) is 0 Å². The third kappa shape index (κ3) is 6.62. The lowest BCUT2D eigenvalue weighted by molar-refractivity contribution is -0.162. The SMILES string of the molecule is CCOC(=O)C(CCCC(C)CC)C(=O)OCC. The van der Waals surface area contributed by atoms with E-state index >= 15 is 0 Å². The number of hydrogen-bond donors (Lipinski definition) is 0. The first-order valence-electron chi connectivity index (χ1n) is 6.89. The highest BCUT2D eigenvalue weighted by molar-refractivity contribution is 5.94. The van der Waals surface area contributed by atoms with E-state index < -0.39 is 17.9 Å². The van der Waals surface area contributed by atoms with Crippen LogP contribution in [-0.4, -0.2) is 25.2 Å². The summed E-state index contributed by atoms with van der Waals surface area (Å²) < 4.78 is 9.83. The second-order valence-corrected chi connectivity index (χ2v) is 4.50. The number of carbonyl (C=O) groups excluding carboxylic acids is 2. The third-order valence-electron chi connectivity index (χ3n) is 3.03. The fourth-order valence-electron chi connectivity index (χ4n) is 1.69. The fraction of sp³-hybridized carbons (Fsp3) is 0.857. The molecule has 18 heavy (non-hydrogen) atoms. The summed E-state index contributed by atoms with van der Waals surface area (Å²) in [7, 11) is 0. The Morgan fingerprint density at radius 2 is 1.44 bits per heavy atom. The molecule has 4 heteroatoms. The van der Waals surface area contributed by atoms with Gasteiger partial charge < -0.3 is 9.47 Å². The van der Waals surface area contributed by atoms with Crippen molar-refractivity contribution in [3.63, 3.8) is 0 Å². The normalized spacial score (nSPS) is 12.3. The van der Waals surface area contributed by atoms with E-state index in [4.69, 9.17) is 9.47 Å². The summed E-state index contributed by atoms with van der Waals surface area (Å²) in [6.45, 7) is 8.36. The minimum Gasteiger partial charge on any atom is -0.465 e. The topological polar surface area (TPSA) is 52.6 Å². The molecule has 106 valence electrons. The standard InChI is InChI=1S/C14H26O4/c1-5-11(4)9-8-10-12(13(15)17-6-2)14(16)18-7-3/h11-12H,5-10H2,1-4H3. The van der Waals surface area contributed by atoms with E-state index in [1.54, 1.807) is 13.8 Å². The van der Waals surface area contributed by atoms with Gasteiger partial charge in [0.25, 0.3) is 0 Å². The van der Waals surface area contributed by atoms with Crippen molar-refractivity contribution >= 4 is 11.9 Å². The molecule has 0 bridgehead atoms. The lowest BCUT2D eigenvalue weighted by atomic mass is 9.96. The van der Waals surface area contributed by atoms with Crippen molar-refractivity contribution in [1.29, 1.82) is 0 Å². The number of carbonyl (C=O) groups is 2. The van der Waals surface area contributed by atoms with Crippen LogP contribution < -0.4 is 0 Å².